The van der Waals surface area contributed by atoms with E-state index in [1.807, 2.05) is 6.26 Å². The van der Waals surface area contributed by atoms with Crippen LogP contribution in [0.4, 0.5) is 0 Å². The fraction of sp³-hybridized carbons (Fsp3) is 0.176. The molecule has 0 aliphatic heterocycles. The van der Waals surface area contributed by atoms with E-state index in [2.05, 4.69) is 34.6 Å². The van der Waals surface area contributed by atoms with Crippen LogP contribution in [0.5, 0.6) is 0 Å². The molecular formula is C17H16N2O3S. The fourth-order valence-electron chi connectivity index (χ4n) is 2.19. The Hall–Kier alpha value is -2.47. The van der Waals surface area contributed by atoms with Crippen LogP contribution in [0.15, 0.2) is 62.8 Å². The molecule has 5 nitrogen and oxygen atoms in total. The van der Waals surface area contributed by atoms with Gasteiger partial charge in [-0.1, -0.05) is 12.1 Å². The molecule has 118 valence electrons. The van der Waals surface area contributed by atoms with Gasteiger partial charge in [-0.3, -0.25) is 4.79 Å². The summed E-state index contributed by atoms with van der Waals surface area (Å²) in [6.07, 6.45) is 5.57. The van der Waals surface area contributed by atoms with E-state index >= 15 is 0 Å². The molecule has 0 saturated carbocycles. The Balaban J connectivity index is 1.58. The highest BCUT2D eigenvalue weighted by molar-refractivity contribution is 7.98. The summed E-state index contributed by atoms with van der Waals surface area (Å²) in [5, 5.41) is 2.86. The molecule has 0 radical (unpaired) electrons. The first kappa shape index (κ1) is 15.4. The molecule has 1 amide bonds. The third kappa shape index (κ3) is 3.65. The van der Waals surface area contributed by atoms with Gasteiger partial charge in [-0.2, -0.15) is 0 Å². The van der Waals surface area contributed by atoms with Crippen molar-refractivity contribution in [2.45, 2.75) is 11.3 Å². The SMILES string of the molecule is CSc1ccc(CCNC(=O)c2ncoc2-c2ccco2)cc1. The average molecular weight is 328 g/mol. The van der Waals surface area contributed by atoms with Gasteiger partial charge in [0.05, 0.1) is 6.26 Å². The lowest BCUT2D eigenvalue weighted by Crippen LogP contribution is -2.26. The van der Waals surface area contributed by atoms with E-state index in [1.165, 1.54) is 23.1 Å². The van der Waals surface area contributed by atoms with E-state index in [0.717, 1.165) is 6.42 Å². The van der Waals surface area contributed by atoms with Gasteiger partial charge in [0.2, 0.25) is 5.76 Å². The van der Waals surface area contributed by atoms with Crippen molar-refractivity contribution < 1.29 is 13.6 Å². The molecule has 0 atom stereocenters. The topological polar surface area (TPSA) is 68.3 Å². The van der Waals surface area contributed by atoms with E-state index in [9.17, 15) is 4.79 Å². The molecule has 0 spiro atoms. The molecule has 3 rings (SSSR count). The van der Waals surface area contributed by atoms with Gasteiger partial charge in [-0.25, -0.2) is 4.98 Å². The molecule has 0 aliphatic carbocycles. The minimum atomic E-state index is -0.272. The maximum atomic E-state index is 12.2. The van der Waals surface area contributed by atoms with Gasteiger partial charge in [0, 0.05) is 11.4 Å². The fourth-order valence-corrected chi connectivity index (χ4v) is 2.60. The number of hydrogen-bond acceptors (Lipinski definition) is 5. The molecule has 1 aromatic carbocycles. The third-order valence-corrected chi connectivity index (χ3v) is 4.13. The van der Waals surface area contributed by atoms with E-state index in [4.69, 9.17) is 8.83 Å². The van der Waals surface area contributed by atoms with Gasteiger partial charge >= 0.3 is 0 Å². The third-order valence-electron chi connectivity index (χ3n) is 3.39. The van der Waals surface area contributed by atoms with Crippen LogP contribution in [0.3, 0.4) is 0 Å². The molecule has 6 heteroatoms. The Labute approximate surface area is 138 Å². The lowest BCUT2D eigenvalue weighted by Gasteiger charge is -2.05. The first-order chi connectivity index (χ1) is 11.3. The molecule has 0 saturated heterocycles. The largest absolute Gasteiger partial charge is 0.461 e. The number of benzene rings is 1. The molecule has 3 aromatic rings. The molecule has 23 heavy (non-hydrogen) atoms. The van der Waals surface area contributed by atoms with Crippen molar-refractivity contribution in [1.82, 2.24) is 10.3 Å². The molecule has 0 aliphatic rings. The summed E-state index contributed by atoms with van der Waals surface area (Å²) in [5.41, 5.74) is 1.41. The van der Waals surface area contributed by atoms with Crippen LogP contribution in [0.1, 0.15) is 16.1 Å². The summed E-state index contributed by atoms with van der Waals surface area (Å²) < 4.78 is 10.5. The van der Waals surface area contributed by atoms with Crippen molar-refractivity contribution in [3.8, 4) is 11.5 Å². The molecule has 0 fully saturated rings. The van der Waals surface area contributed by atoms with Gasteiger partial charge in [-0.05, 0) is 42.5 Å². The van der Waals surface area contributed by atoms with Crippen molar-refractivity contribution in [1.29, 1.82) is 0 Å². The molecule has 2 heterocycles. The molecule has 0 bridgehead atoms. The zero-order chi connectivity index (χ0) is 16.1. The Morgan fingerprint density at radius 1 is 1.22 bits per heavy atom. The van der Waals surface area contributed by atoms with Crippen LogP contribution in [-0.2, 0) is 6.42 Å². The number of carbonyl (C=O) groups excluding carboxylic acids is 1. The number of thioether (sulfide) groups is 1. The van der Waals surface area contributed by atoms with Gasteiger partial charge in [-0.15, -0.1) is 11.8 Å². The summed E-state index contributed by atoms with van der Waals surface area (Å²) in [5.74, 6) is 0.558. The highest BCUT2D eigenvalue weighted by atomic mass is 32.2. The zero-order valence-electron chi connectivity index (χ0n) is 12.6. The van der Waals surface area contributed by atoms with E-state index in [1.54, 1.807) is 23.9 Å². The molecule has 1 N–H and O–H groups in total. The second-order valence-corrected chi connectivity index (χ2v) is 5.74. The van der Waals surface area contributed by atoms with Crippen molar-refractivity contribution >= 4 is 17.7 Å². The highest BCUT2D eigenvalue weighted by Crippen LogP contribution is 2.23. The van der Waals surface area contributed by atoms with Gasteiger partial charge < -0.3 is 14.2 Å². The van der Waals surface area contributed by atoms with Gasteiger partial charge in [0.1, 0.15) is 0 Å². The number of amides is 1. The van der Waals surface area contributed by atoms with Gasteiger partial charge in [0.15, 0.2) is 17.8 Å². The van der Waals surface area contributed by atoms with Crippen LogP contribution < -0.4 is 5.32 Å². The first-order valence-electron chi connectivity index (χ1n) is 7.16. The number of furan rings is 1. The molecular weight excluding hydrogens is 312 g/mol. The van der Waals surface area contributed by atoms with Crippen LogP contribution in [-0.4, -0.2) is 23.7 Å². The number of rotatable bonds is 6. The average Bonchev–Trinajstić information content (AvgIpc) is 3.26. The van der Waals surface area contributed by atoms with Crippen molar-refractivity contribution in [2.24, 2.45) is 0 Å². The van der Waals surface area contributed by atoms with Crippen molar-refractivity contribution in [3.63, 3.8) is 0 Å². The minimum absolute atomic E-state index is 0.234. The minimum Gasteiger partial charge on any atom is -0.461 e. The summed E-state index contributed by atoms with van der Waals surface area (Å²) in [6, 6.07) is 11.8. The zero-order valence-corrected chi connectivity index (χ0v) is 13.4. The van der Waals surface area contributed by atoms with Crippen LogP contribution in [0, 0.1) is 0 Å². The monoisotopic (exact) mass is 328 g/mol. The predicted octanol–water partition coefficient (Wildman–Crippen LogP) is 3.63. The second kappa shape index (κ2) is 7.19. The predicted molar refractivity (Wildman–Crippen MR) is 88.5 cm³/mol. The standard InChI is InChI=1S/C17H16N2O3S/c1-23-13-6-4-12(5-7-13)8-9-18-17(20)15-16(22-11-19-15)14-3-2-10-21-14/h2-7,10-11H,8-9H2,1H3,(H,18,20). The quantitative estimate of drug-likeness (QED) is 0.700. The number of hydrogen-bond donors (Lipinski definition) is 1. The van der Waals surface area contributed by atoms with Gasteiger partial charge in [0.25, 0.3) is 5.91 Å². The summed E-state index contributed by atoms with van der Waals surface area (Å²) in [7, 11) is 0. The van der Waals surface area contributed by atoms with Crippen molar-refractivity contribution in [3.05, 3.63) is 60.3 Å². The van der Waals surface area contributed by atoms with Crippen LogP contribution in [0.2, 0.25) is 0 Å². The Morgan fingerprint density at radius 2 is 2.04 bits per heavy atom. The number of aromatic nitrogens is 1. The smallest absolute Gasteiger partial charge is 0.274 e. The second-order valence-electron chi connectivity index (χ2n) is 4.86. The maximum absolute atomic E-state index is 12.2. The highest BCUT2D eigenvalue weighted by Gasteiger charge is 2.19. The number of nitrogens with zero attached hydrogens (tertiary/aromatic N) is 1. The first-order valence-corrected chi connectivity index (χ1v) is 8.39. The maximum Gasteiger partial charge on any atom is 0.274 e. The Kier molecular flexibility index (Phi) is 4.83. The van der Waals surface area contributed by atoms with Crippen LogP contribution in [0.25, 0.3) is 11.5 Å². The number of nitrogens with one attached hydrogen (secondary N) is 1. The molecule has 2 aromatic heterocycles. The van der Waals surface area contributed by atoms with E-state index in [-0.39, 0.29) is 11.6 Å². The normalized spacial score (nSPS) is 10.7. The van der Waals surface area contributed by atoms with Crippen LogP contribution >= 0.6 is 11.8 Å². The number of carbonyl (C=O) groups is 1. The van der Waals surface area contributed by atoms with E-state index < -0.39 is 0 Å². The Bertz CT molecular complexity index is 764. The summed E-state index contributed by atoms with van der Waals surface area (Å²) >= 11 is 1.71. The number of oxazole rings is 1. The Morgan fingerprint density at radius 3 is 2.74 bits per heavy atom. The van der Waals surface area contributed by atoms with Crippen molar-refractivity contribution in [2.75, 3.05) is 12.8 Å². The lowest BCUT2D eigenvalue weighted by atomic mass is 10.1. The summed E-state index contributed by atoms with van der Waals surface area (Å²) in [4.78, 5) is 17.4. The summed E-state index contributed by atoms with van der Waals surface area (Å²) in [6.45, 7) is 0.530. The lowest BCUT2D eigenvalue weighted by molar-refractivity contribution is 0.0950. The van der Waals surface area contributed by atoms with E-state index in [0.29, 0.717) is 18.1 Å². The molecule has 0 unspecified atom stereocenters.